The van der Waals surface area contributed by atoms with Gasteiger partial charge in [0.15, 0.2) is 0 Å². The van der Waals surface area contributed by atoms with Crippen molar-refractivity contribution >= 4 is 0 Å². The lowest BCUT2D eigenvalue weighted by Crippen LogP contribution is -2.36. The second-order valence-electron chi connectivity index (χ2n) is 7.10. The Balaban J connectivity index is 1.71. The number of aromatic nitrogens is 2. The van der Waals surface area contributed by atoms with Gasteiger partial charge in [0, 0.05) is 23.7 Å². The summed E-state index contributed by atoms with van der Waals surface area (Å²) in [5, 5.41) is 7.66. The highest BCUT2D eigenvalue weighted by atomic mass is 15.1. The van der Waals surface area contributed by atoms with Crippen molar-refractivity contribution in [1.29, 1.82) is 0 Å². The average Bonchev–Trinajstić information content (AvgIpc) is 3.05. The number of H-pyrrole nitrogens is 1. The zero-order chi connectivity index (χ0) is 16.2. The Kier molecular flexibility index (Phi) is 5.16. The van der Waals surface area contributed by atoms with Crippen LogP contribution in [0.5, 0.6) is 0 Å². The number of piperidine rings is 1. The second-order valence-corrected chi connectivity index (χ2v) is 7.10. The van der Waals surface area contributed by atoms with Crippen LogP contribution in [0.2, 0.25) is 0 Å². The lowest BCUT2D eigenvalue weighted by Gasteiger charge is -2.33. The first kappa shape index (κ1) is 16.3. The van der Waals surface area contributed by atoms with Crippen LogP contribution in [0.1, 0.15) is 50.3 Å². The van der Waals surface area contributed by atoms with Crippen LogP contribution in [-0.4, -0.2) is 34.7 Å². The van der Waals surface area contributed by atoms with Crippen LogP contribution in [0.15, 0.2) is 30.5 Å². The van der Waals surface area contributed by atoms with Gasteiger partial charge >= 0.3 is 0 Å². The van der Waals surface area contributed by atoms with Crippen molar-refractivity contribution in [3.63, 3.8) is 0 Å². The maximum absolute atomic E-state index is 4.36. The Bertz CT molecular complexity index is 623. The number of nitrogens with zero attached hydrogens (tertiary/aromatic N) is 2. The SMILES string of the molecule is CC[C@H](C)CN1CCC(c2[nH]ncc2-c2ccccc2C)CC1. The van der Waals surface area contributed by atoms with Crippen LogP contribution in [0.25, 0.3) is 11.1 Å². The molecule has 0 saturated carbocycles. The van der Waals surface area contributed by atoms with Gasteiger partial charge in [-0.15, -0.1) is 0 Å². The Labute approximate surface area is 140 Å². The van der Waals surface area contributed by atoms with Gasteiger partial charge in [0.25, 0.3) is 0 Å². The van der Waals surface area contributed by atoms with Gasteiger partial charge < -0.3 is 4.90 Å². The molecule has 3 nitrogen and oxygen atoms in total. The van der Waals surface area contributed by atoms with Gasteiger partial charge in [0.2, 0.25) is 0 Å². The summed E-state index contributed by atoms with van der Waals surface area (Å²) in [4.78, 5) is 2.63. The van der Waals surface area contributed by atoms with Crippen molar-refractivity contribution in [1.82, 2.24) is 15.1 Å². The summed E-state index contributed by atoms with van der Waals surface area (Å²) in [6, 6.07) is 8.61. The molecule has 3 heteroatoms. The second kappa shape index (κ2) is 7.31. The van der Waals surface area contributed by atoms with Crippen LogP contribution in [-0.2, 0) is 0 Å². The monoisotopic (exact) mass is 311 g/mol. The summed E-state index contributed by atoms with van der Waals surface area (Å²) in [5.41, 5.74) is 5.27. The number of rotatable bonds is 5. The van der Waals surface area contributed by atoms with E-state index in [1.807, 2.05) is 6.20 Å². The van der Waals surface area contributed by atoms with Gasteiger partial charge in [-0.05, 0) is 49.9 Å². The minimum Gasteiger partial charge on any atom is -0.303 e. The van der Waals surface area contributed by atoms with Gasteiger partial charge in [-0.2, -0.15) is 5.10 Å². The molecule has 0 radical (unpaired) electrons. The topological polar surface area (TPSA) is 31.9 Å². The molecule has 1 aliphatic heterocycles. The first-order chi connectivity index (χ1) is 11.2. The molecule has 0 bridgehead atoms. The van der Waals surface area contributed by atoms with E-state index in [4.69, 9.17) is 0 Å². The standard InChI is InChI=1S/C20H29N3/c1-4-15(2)14-23-11-9-17(10-12-23)20-19(13-21-22-20)18-8-6-5-7-16(18)3/h5-8,13,15,17H,4,9-12,14H2,1-3H3,(H,21,22)/t15-/m0/s1. The molecule has 1 fully saturated rings. The van der Waals surface area contributed by atoms with Crippen molar-refractivity contribution < 1.29 is 0 Å². The van der Waals surface area contributed by atoms with Crippen LogP contribution in [0.3, 0.4) is 0 Å². The molecule has 2 aromatic rings. The fourth-order valence-corrected chi connectivity index (χ4v) is 3.67. The Morgan fingerprint density at radius 3 is 2.65 bits per heavy atom. The molecule has 1 N–H and O–H groups in total. The summed E-state index contributed by atoms with van der Waals surface area (Å²) < 4.78 is 0. The normalized spacial score (nSPS) is 18.2. The minimum atomic E-state index is 0.611. The Morgan fingerprint density at radius 2 is 1.96 bits per heavy atom. The summed E-state index contributed by atoms with van der Waals surface area (Å²) in [7, 11) is 0. The summed E-state index contributed by atoms with van der Waals surface area (Å²) >= 11 is 0. The van der Waals surface area contributed by atoms with Gasteiger partial charge in [0.05, 0.1) is 6.20 Å². The summed E-state index contributed by atoms with van der Waals surface area (Å²) in [6.07, 6.45) is 5.75. The molecule has 124 valence electrons. The van der Waals surface area contributed by atoms with Crippen molar-refractivity contribution in [2.45, 2.75) is 46.0 Å². The van der Waals surface area contributed by atoms with E-state index in [9.17, 15) is 0 Å². The highest BCUT2D eigenvalue weighted by Gasteiger charge is 2.25. The third-order valence-corrected chi connectivity index (χ3v) is 5.37. The van der Waals surface area contributed by atoms with E-state index in [2.05, 4.69) is 60.1 Å². The lowest BCUT2D eigenvalue weighted by atomic mass is 9.88. The van der Waals surface area contributed by atoms with Gasteiger partial charge in [-0.25, -0.2) is 0 Å². The van der Waals surface area contributed by atoms with Crippen LogP contribution in [0, 0.1) is 12.8 Å². The van der Waals surface area contributed by atoms with Crippen LogP contribution >= 0.6 is 0 Å². The van der Waals surface area contributed by atoms with E-state index in [1.54, 1.807) is 0 Å². The third kappa shape index (κ3) is 3.66. The number of nitrogens with one attached hydrogen (secondary N) is 1. The molecule has 1 aliphatic rings. The van der Waals surface area contributed by atoms with Gasteiger partial charge in [-0.3, -0.25) is 5.10 Å². The van der Waals surface area contributed by atoms with E-state index >= 15 is 0 Å². The first-order valence-electron chi connectivity index (χ1n) is 9.00. The number of hydrogen-bond donors (Lipinski definition) is 1. The number of benzene rings is 1. The van der Waals surface area contributed by atoms with E-state index in [0.717, 1.165) is 5.92 Å². The molecule has 2 heterocycles. The predicted octanol–water partition coefficient (Wildman–Crippen LogP) is 4.61. The van der Waals surface area contributed by atoms with Gasteiger partial charge in [0.1, 0.15) is 0 Å². The zero-order valence-corrected chi connectivity index (χ0v) is 14.7. The Morgan fingerprint density at radius 1 is 1.22 bits per heavy atom. The molecule has 0 spiro atoms. The quantitative estimate of drug-likeness (QED) is 0.874. The van der Waals surface area contributed by atoms with Crippen molar-refractivity contribution in [2.24, 2.45) is 5.92 Å². The van der Waals surface area contributed by atoms with Crippen molar-refractivity contribution in [3.05, 3.63) is 41.7 Å². The third-order valence-electron chi connectivity index (χ3n) is 5.37. The average molecular weight is 311 g/mol. The number of aromatic amines is 1. The van der Waals surface area contributed by atoms with Gasteiger partial charge in [-0.1, -0.05) is 44.5 Å². The molecule has 1 aromatic heterocycles. The largest absolute Gasteiger partial charge is 0.303 e. The molecule has 1 aromatic carbocycles. The number of hydrogen-bond acceptors (Lipinski definition) is 2. The lowest BCUT2D eigenvalue weighted by molar-refractivity contribution is 0.185. The summed E-state index contributed by atoms with van der Waals surface area (Å²) in [6.45, 7) is 10.5. The molecule has 0 aliphatic carbocycles. The molecule has 1 atom stereocenters. The maximum Gasteiger partial charge on any atom is 0.0568 e. The molecule has 1 saturated heterocycles. The van der Waals surface area contributed by atoms with E-state index in [0.29, 0.717) is 5.92 Å². The maximum atomic E-state index is 4.36. The van der Waals surface area contributed by atoms with E-state index in [1.165, 1.54) is 61.3 Å². The molecular weight excluding hydrogens is 282 g/mol. The highest BCUT2D eigenvalue weighted by molar-refractivity contribution is 5.69. The molecule has 0 amide bonds. The van der Waals surface area contributed by atoms with Crippen molar-refractivity contribution in [2.75, 3.05) is 19.6 Å². The molecule has 0 unspecified atom stereocenters. The van der Waals surface area contributed by atoms with E-state index in [-0.39, 0.29) is 0 Å². The highest BCUT2D eigenvalue weighted by Crippen LogP contribution is 2.35. The van der Waals surface area contributed by atoms with Crippen LogP contribution in [0.4, 0.5) is 0 Å². The smallest absolute Gasteiger partial charge is 0.0568 e. The summed E-state index contributed by atoms with van der Waals surface area (Å²) in [5.74, 6) is 1.42. The van der Waals surface area contributed by atoms with Crippen LogP contribution < -0.4 is 0 Å². The number of likely N-dealkylation sites (tertiary alicyclic amines) is 1. The first-order valence-corrected chi connectivity index (χ1v) is 9.00. The Hall–Kier alpha value is -1.61. The van der Waals surface area contributed by atoms with E-state index < -0.39 is 0 Å². The fourth-order valence-electron chi connectivity index (χ4n) is 3.67. The minimum absolute atomic E-state index is 0.611. The fraction of sp³-hybridized carbons (Fsp3) is 0.550. The molecular formula is C20H29N3. The molecule has 3 rings (SSSR count). The molecule has 23 heavy (non-hydrogen) atoms. The number of aryl methyl sites for hydroxylation is 1. The van der Waals surface area contributed by atoms with Crippen molar-refractivity contribution in [3.8, 4) is 11.1 Å². The zero-order valence-electron chi connectivity index (χ0n) is 14.7. The predicted molar refractivity (Wildman–Crippen MR) is 96.6 cm³/mol.